The zero-order chi connectivity index (χ0) is 23.3. The van der Waals surface area contributed by atoms with Crippen molar-refractivity contribution in [3.63, 3.8) is 0 Å². The van der Waals surface area contributed by atoms with E-state index in [9.17, 15) is 17.6 Å². The quantitative estimate of drug-likeness (QED) is 0.540. The van der Waals surface area contributed by atoms with Crippen LogP contribution in [0.15, 0.2) is 71.6 Å². The van der Waals surface area contributed by atoms with Gasteiger partial charge in [0.25, 0.3) is 15.9 Å². The van der Waals surface area contributed by atoms with E-state index in [1.165, 1.54) is 29.8 Å². The number of sulfonamides is 1. The highest BCUT2D eigenvalue weighted by Gasteiger charge is 2.16. The van der Waals surface area contributed by atoms with Gasteiger partial charge >= 0.3 is 0 Å². The number of rotatable bonds is 8. The lowest BCUT2D eigenvalue weighted by molar-refractivity contribution is 0.0951. The van der Waals surface area contributed by atoms with Gasteiger partial charge in [-0.15, -0.1) is 0 Å². The van der Waals surface area contributed by atoms with E-state index in [0.29, 0.717) is 17.7 Å². The van der Waals surface area contributed by atoms with Crippen LogP contribution in [0.1, 0.15) is 27.0 Å². The summed E-state index contributed by atoms with van der Waals surface area (Å²) in [6, 6.07) is 17.8. The molecule has 0 aliphatic rings. The molecule has 0 aliphatic carbocycles. The number of hydrogen-bond donors (Lipinski definition) is 2. The first-order chi connectivity index (χ1) is 15.1. The summed E-state index contributed by atoms with van der Waals surface area (Å²) in [6.07, 6.45) is 0. The molecule has 0 saturated heterocycles. The number of anilines is 1. The van der Waals surface area contributed by atoms with Crippen LogP contribution in [-0.2, 0) is 23.1 Å². The Labute approximate surface area is 188 Å². The fourth-order valence-electron chi connectivity index (χ4n) is 3.09. The van der Waals surface area contributed by atoms with E-state index in [4.69, 9.17) is 0 Å². The fraction of sp³-hybridized carbons (Fsp3) is 0.208. The second-order valence-corrected chi connectivity index (χ2v) is 9.52. The van der Waals surface area contributed by atoms with E-state index >= 15 is 0 Å². The van der Waals surface area contributed by atoms with Crippen molar-refractivity contribution in [1.82, 2.24) is 10.2 Å². The van der Waals surface area contributed by atoms with Gasteiger partial charge in [0.15, 0.2) is 0 Å². The summed E-state index contributed by atoms with van der Waals surface area (Å²) in [6.45, 7) is 2.74. The van der Waals surface area contributed by atoms with Crippen molar-refractivity contribution < 1.29 is 17.6 Å². The highest BCUT2D eigenvalue weighted by molar-refractivity contribution is 7.92. The Hall–Kier alpha value is -3.23. The monoisotopic (exact) mass is 455 g/mol. The topological polar surface area (TPSA) is 78.5 Å². The SMILES string of the molecule is Cc1ccc(S(=O)(=O)Nc2cccc(C(=O)NCc3ccc(CN(C)C)cc3)c2)cc1F. The van der Waals surface area contributed by atoms with Crippen molar-refractivity contribution in [3.8, 4) is 0 Å². The third kappa shape index (κ3) is 6.15. The lowest BCUT2D eigenvalue weighted by atomic mass is 10.1. The minimum Gasteiger partial charge on any atom is -0.348 e. The number of hydrogen-bond acceptors (Lipinski definition) is 4. The van der Waals surface area contributed by atoms with Crippen LogP contribution >= 0.6 is 0 Å². The molecule has 3 aromatic carbocycles. The maximum atomic E-state index is 13.8. The molecule has 8 heteroatoms. The summed E-state index contributed by atoms with van der Waals surface area (Å²) in [5.41, 5.74) is 3.02. The Bertz CT molecular complexity index is 1210. The summed E-state index contributed by atoms with van der Waals surface area (Å²) < 4.78 is 41.3. The summed E-state index contributed by atoms with van der Waals surface area (Å²) >= 11 is 0. The smallest absolute Gasteiger partial charge is 0.261 e. The molecule has 0 unspecified atom stereocenters. The molecule has 2 N–H and O–H groups in total. The Morgan fingerprint density at radius 3 is 2.31 bits per heavy atom. The molecule has 3 rings (SSSR count). The largest absolute Gasteiger partial charge is 0.348 e. The fourth-order valence-corrected chi connectivity index (χ4v) is 4.15. The molecule has 0 aromatic heterocycles. The molecule has 6 nitrogen and oxygen atoms in total. The van der Waals surface area contributed by atoms with Gasteiger partial charge in [-0.25, -0.2) is 12.8 Å². The van der Waals surface area contributed by atoms with E-state index in [1.807, 2.05) is 38.4 Å². The average Bonchev–Trinajstić information content (AvgIpc) is 2.74. The third-order valence-electron chi connectivity index (χ3n) is 4.81. The van der Waals surface area contributed by atoms with Crippen molar-refractivity contribution >= 4 is 21.6 Å². The van der Waals surface area contributed by atoms with Crippen molar-refractivity contribution in [1.29, 1.82) is 0 Å². The zero-order valence-corrected chi connectivity index (χ0v) is 19.0. The summed E-state index contributed by atoms with van der Waals surface area (Å²) in [5, 5.41) is 2.83. The van der Waals surface area contributed by atoms with Crippen LogP contribution in [0.4, 0.5) is 10.1 Å². The van der Waals surface area contributed by atoms with Crippen LogP contribution in [0.25, 0.3) is 0 Å². The molecular formula is C24H26FN3O3S. The highest BCUT2D eigenvalue weighted by atomic mass is 32.2. The van der Waals surface area contributed by atoms with Gasteiger partial charge in [0.2, 0.25) is 0 Å². The molecule has 0 aliphatic heterocycles. The van der Waals surface area contributed by atoms with Crippen molar-refractivity contribution in [2.45, 2.75) is 24.9 Å². The first kappa shape index (κ1) is 23.4. The number of nitrogens with one attached hydrogen (secondary N) is 2. The molecule has 3 aromatic rings. The van der Waals surface area contributed by atoms with Gasteiger partial charge in [-0.1, -0.05) is 36.4 Å². The van der Waals surface area contributed by atoms with Crippen molar-refractivity contribution in [2.75, 3.05) is 18.8 Å². The van der Waals surface area contributed by atoms with Crippen LogP contribution in [-0.4, -0.2) is 33.3 Å². The Morgan fingerprint density at radius 1 is 0.969 bits per heavy atom. The molecule has 0 bridgehead atoms. The van der Waals surface area contributed by atoms with Gasteiger partial charge in [0, 0.05) is 24.3 Å². The van der Waals surface area contributed by atoms with E-state index in [1.54, 1.807) is 19.1 Å². The second kappa shape index (κ2) is 9.93. The normalized spacial score (nSPS) is 11.4. The van der Waals surface area contributed by atoms with E-state index in [-0.39, 0.29) is 16.5 Å². The number of aryl methyl sites for hydroxylation is 1. The average molecular weight is 456 g/mol. The Morgan fingerprint density at radius 2 is 1.66 bits per heavy atom. The molecule has 0 saturated carbocycles. The maximum absolute atomic E-state index is 13.8. The maximum Gasteiger partial charge on any atom is 0.261 e. The van der Waals surface area contributed by atoms with Gasteiger partial charge in [0.1, 0.15) is 5.82 Å². The van der Waals surface area contributed by atoms with Crippen LogP contribution in [0.2, 0.25) is 0 Å². The number of halogens is 1. The van der Waals surface area contributed by atoms with E-state index < -0.39 is 15.8 Å². The van der Waals surface area contributed by atoms with Crippen LogP contribution < -0.4 is 10.0 Å². The molecule has 1 amide bonds. The minimum absolute atomic E-state index is 0.187. The van der Waals surface area contributed by atoms with Gasteiger partial charge in [0.05, 0.1) is 4.90 Å². The number of nitrogens with zero attached hydrogens (tertiary/aromatic N) is 1. The summed E-state index contributed by atoms with van der Waals surface area (Å²) in [5.74, 6) is -0.930. The molecule has 0 spiro atoms. The number of benzene rings is 3. The summed E-state index contributed by atoms with van der Waals surface area (Å²) in [7, 11) is 0.0145. The Kier molecular flexibility index (Phi) is 7.27. The second-order valence-electron chi connectivity index (χ2n) is 7.83. The van der Waals surface area contributed by atoms with Crippen LogP contribution in [0.3, 0.4) is 0 Å². The molecule has 0 atom stereocenters. The molecular weight excluding hydrogens is 429 g/mol. The van der Waals surface area contributed by atoms with Crippen LogP contribution in [0, 0.1) is 12.7 Å². The zero-order valence-electron chi connectivity index (χ0n) is 18.2. The third-order valence-corrected chi connectivity index (χ3v) is 6.18. The first-order valence-corrected chi connectivity index (χ1v) is 11.5. The molecule has 0 fully saturated rings. The van der Waals surface area contributed by atoms with Gasteiger partial charge < -0.3 is 10.2 Å². The standard InChI is InChI=1S/C24H26FN3O3S/c1-17-7-12-22(14-23(17)25)32(30,31)27-21-6-4-5-20(13-21)24(29)26-15-18-8-10-19(11-9-18)16-28(2)3/h4-14,27H,15-16H2,1-3H3,(H,26,29). The van der Waals surface area contributed by atoms with Crippen molar-refractivity contribution in [2.24, 2.45) is 0 Å². The minimum atomic E-state index is -3.99. The van der Waals surface area contributed by atoms with Gasteiger partial charge in [-0.2, -0.15) is 0 Å². The summed E-state index contributed by atoms with van der Waals surface area (Å²) in [4.78, 5) is 14.4. The predicted octanol–water partition coefficient (Wildman–Crippen LogP) is 3.93. The number of amides is 1. The number of carbonyl (C=O) groups excluding carboxylic acids is 1. The Balaban J connectivity index is 1.66. The van der Waals surface area contributed by atoms with E-state index in [2.05, 4.69) is 14.9 Å². The van der Waals surface area contributed by atoms with Gasteiger partial charge in [-0.05, 0) is 68.0 Å². The first-order valence-electron chi connectivity index (χ1n) is 10.0. The van der Waals surface area contributed by atoms with Gasteiger partial charge in [-0.3, -0.25) is 9.52 Å². The molecule has 0 radical (unpaired) electrons. The molecule has 0 heterocycles. The van der Waals surface area contributed by atoms with Crippen LogP contribution in [0.5, 0.6) is 0 Å². The predicted molar refractivity (Wildman–Crippen MR) is 123 cm³/mol. The lowest BCUT2D eigenvalue weighted by Crippen LogP contribution is -2.23. The van der Waals surface area contributed by atoms with Crippen molar-refractivity contribution in [3.05, 3.63) is 94.8 Å². The molecule has 32 heavy (non-hydrogen) atoms. The molecule has 168 valence electrons. The lowest BCUT2D eigenvalue weighted by Gasteiger charge is -2.11. The number of carbonyl (C=O) groups is 1. The van der Waals surface area contributed by atoms with E-state index in [0.717, 1.165) is 18.2 Å². The highest BCUT2D eigenvalue weighted by Crippen LogP contribution is 2.19.